The van der Waals surface area contributed by atoms with Crippen LogP contribution in [0.5, 0.6) is 0 Å². The van der Waals surface area contributed by atoms with Crippen LogP contribution in [0.2, 0.25) is 0 Å². The van der Waals surface area contributed by atoms with Crippen LogP contribution in [0.15, 0.2) is 56.9 Å². The third-order valence-electron chi connectivity index (χ3n) is 4.81. The van der Waals surface area contributed by atoms with Crippen molar-refractivity contribution in [2.24, 2.45) is 0 Å². The number of thioether (sulfide) groups is 1. The number of amides is 1. The van der Waals surface area contributed by atoms with Gasteiger partial charge >= 0.3 is 0 Å². The summed E-state index contributed by atoms with van der Waals surface area (Å²) in [5, 5.41) is 4.02. The van der Waals surface area contributed by atoms with E-state index in [0.29, 0.717) is 22.6 Å². The van der Waals surface area contributed by atoms with Crippen LogP contribution in [0.4, 0.5) is 11.4 Å². The summed E-state index contributed by atoms with van der Waals surface area (Å²) in [6.07, 6.45) is 0. The summed E-state index contributed by atoms with van der Waals surface area (Å²) >= 11 is 4.66. The summed E-state index contributed by atoms with van der Waals surface area (Å²) in [5.74, 6) is 0.0371. The average Bonchev–Trinajstić information content (AvgIpc) is 2.75. The minimum Gasteiger partial charge on any atom is -0.372 e. The van der Waals surface area contributed by atoms with Gasteiger partial charge in [0.2, 0.25) is 5.91 Å². The van der Waals surface area contributed by atoms with E-state index in [1.807, 2.05) is 43.3 Å². The molecule has 30 heavy (non-hydrogen) atoms. The number of rotatable bonds is 8. The van der Waals surface area contributed by atoms with Crippen LogP contribution in [0.3, 0.4) is 0 Å². The van der Waals surface area contributed by atoms with Gasteiger partial charge in [0.25, 0.3) is 5.56 Å². The van der Waals surface area contributed by atoms with E-state index in [2.05, 4.69) is 45.0 Å². The van der Waals surface area contributed by atoms with Gasteiger partial charge in [-0.15, -0.1) is 0 Å². The molecule has 0 aliphatic carbocycles. The van der Waals surface area contributed by atoms with Crippen molar-refractivity contribution < 1.29 is 4.79 Å². The Balaban J connectivity index is 1.71. The molecule has 8 heteroatoms. The fourth-order valence-corrected chi connectivity index (χ4v) is 4.46. The molecule has 0 saturated heterocycles. The maximum absolute atomic E-state index is 12.8. The number of carbonyl (C=O) groups is 1. The van der Waals surface area contributed by atoms with Crippen molar-refractivity contribution >= 4 is 55.9 Å². The minimum atomic E-state index is -0.136. The monoisotopic (exact) mass is 488 g/mol. The molecule has 0 aliphatic rings. The molecule has 1 amide bonds. The molecule has 0 spiro atoms. The molecule has 0 atom stereocenters. The van der Waals surface area contributed by atoms with Crippen molar-refractivity contribution in [3.63, 3.8) is 0 Å². The lowest BCUT2D eigenvalue weighted by Crippen LogP contribution is -2.23. The molecule has 1 aromatic heterocycles. The fourth-order valence-electron chi connectivity index (χ4n) is 3.23. The Morgan fingerprint density at radius 1 is 1.13 bits per heavy atom. The highest BCUT2D eigenvalue weighted by atomic mass is 79.9. The van der Waals surface area contributed by atoms with Crippen molar-refractivity contribution in [3.05, 3.63) is 57.3 Å². The Labute approximate surface area is 188 Å². The number of hydrogen-bond acceptors (Lipinski definition) is 5. The molecule has 6 nitrogen and oxygen atoms in total. The smallest absolute Gasteiger partial charge is 0.262 e. The van der Waals surface area contributed by atoms with Gasteiger partial charge in [-0.2, -0.15) is 0 Å². The van der Waals surface area contributed by atoms with Gasteiger partial charge in [0.05, 0.1) is 16.7 Å². The van der Waals surface area contributed by atoms with Gasteiger partial charge in [-0.3, -0.25) is 14.2 Å². The van der Waals surface area contributed by atoms with Crippen LogP contribution in [-0.4, -0.2) is 34.3 Å². The zero-order valence-corrected chi connectivity index (χ0v) is 19.7. The molecule has 0 saturated carbocycles. The molecular weight excluding hydrogens is 464 g/mol. The lowest BCUT2D eigenvalue weighted by Gasteiger charge is -2.21. The second-order valence-electron chi connectivity index (χ2n) is 6.66. The van der Waals surface area contributed by atoms with Gasteiger partial charge in [-0.1, -0.05) is 27.7 Å². The van der Waals surface area contributed by atoms with Crippen LogP contribution < -0.4 is 15.8 Å². The van der Waals surface area contributed by atoms with Gasteiger partial charge in [-0.25, -0.2) is 4.98 Å². The van der Waals surface area contributed by atoms with E-state index in [1.165, 1.54) is 11.8 Å². The number of fused-ring (bicyclic) bond motifs is 1. The molecule has 0 bridgehead atoms. The lowest BCUT2D eigenvalue weighted by molar-refractivity contribution is -0.113. The highest BCUT2D eigenvalue weighted by Gasteiger charge is 2.13. The topological polar surface area (TPSA) is 67.2 Å². The average molecular weight is 489 g/mol. The van der Waals surface area contributed by atoms with Crippen molar-refractivity contribution in [3.8, 4) is 0 Å². The molecule has 0 fully saturated rings. The lowest BCUT2D eigenvalue weighted by atomic mass is 10.2. The van der Waals surface area contributed by atoms with Gasteiger partial charge in [0.15, 0.2) is 5.16 Å². The highest BCUT2D eigenvalue weighted by molar-refractivity contribution is 9.10. The van der Waals surface area contributed by atoms with Gasteiger partial charge < -0.3 is 10.2 Å². The first kappa shape index (κ1) is 22.4. The van der Waals surface area contributed by atoms with E-state index in [1.54, 1.807) is 10.6 Å². The van der Waals surface area contributed by atoms with Gasteiger partial charge in [-0.05, 0) is 63.2 Å². The summed E-state index contributed by atoms with van der Waals surface area (Å²) in [6.45, 7) is 8.50. The van der Waals surface area contributed by atoms with E-state index in [4.69, 9.17) is 0 Å². The molecular formula is C22H25BrN4O2S. The zero-order chi connectivity index (χ0) is 21.7. The minimum absolute atomic E-state index is 0.0984. The van der Waals surface area contributed by atoms with Gasteiger partial charge in [0, 0.05) is 35.5 Å². The quantitative estimate of drug-likeness (QED) is 0.365. The van der Waals surface area contributed by atoms with Crippen LogP contribution >= 0.6 is 27.7 Å². The predicted octanol–water partition coefficient (Wildman–Crippen LogP) is 4.76. The molecule has 3 aromatic rings. The van der Waals surface area contributed by atoms with Crippen LogP contribution in [0.1, 0.15) is 20.8 Å². The van der Waals surface area contributed by atoms with Crippen molar-refractivity contribution in [2.45, 2.75) is 32.5 Å². The third kappa shape index (κ3) is 5.05. The van der Waals surface area contributed by atoms with Crippen LogP contribution in [0, 0.1) is 0 Å². The summed E-state index contributed by atoms with van der Waals surface area (Å²) in [6, 6.07) is 13.3. The van der Waals surface area contributed by atoms with Crippen molar-refractivity contribution in [1.29, 1.82) is 0 Å². The van der Waals surface area contributed by atoms with E-state index in [-0.39, 0.29) is 17.2 Å². The first-order valence-electron chi connectivity index (χ1n) is 9.94. The Morgan fingerprint density at radius 3 is 2.47 bits per heavy atom. The van der Waals surface area contributed by atoms with Crippen LogP contribution in [0.25, 0.3) is 10.9 Å². The number of halogens is 1. The van der Waals surface area contributed by atoms with Crippen molar-refractivity contribution in [1.82, 2.24) is 9.55 Å². The Morgan fingerprint density at radius 2 is 1.83 bits per heavy atom. The van der Waals surface area contributed by atoms with E-state index < -0.39 is 0 Å². The SMILES string of the molecule is CCN(CC)c1ccc(NC(=O)CSc2nc3ccc(Br)cc3c(=O)n2CC)cc1. The first-order valence-corrected chi connectivity index (χ1v) is 11.7. The van der Waals surface area contributed by atoms with Gasteiger partial charge in [0.1, 0.15) is 0 Å². The summed E-state index contributed by atoms with van der Waals surface area (Å²) in [4.78, 5) is 32.1. The number of aromatic nitrogens is 2. The Hall–Kier alpha value is -2.32. The fraction of sp³-hybridized carbons (Fsp3) is 0.318. The normalized spacial score (nSPS) is 10.9. The predicted molar refractivity (Wildman–Crippen MR) is 129 cm³/mol. The Kier molecular flexibility index (Phi) is 7.55. The molecule has 0 unspecified atom stereocenters. The third-order valence-corrected chi connectivity index (χ3v) is 6.28. The number of nitrogens with zero attached hydrogens (tertiary/aromatic N) is 3. The molecule has 3 rings (SSSR count). The molecule has 0 radical (unpaired) electrons. The second-order valence-corrected chi connectivity index (χ2v) is 8.52. The number of nitrogens with one attached hydrogen (secondary N) is 1. The largest absolute Gasteiger partial charge is 0.372 e. The molecule has 1 N–H and O–H groups in total. The second kappa shape index (κ2) is 10.1. The first-order chi connectivity index (χ1) is 14.5. The van der Waals surface area contributed by atoms with E-state index >= 15 is 0 Å². The number of hydrogen-bond donors (Lipinski definition) is 1. The molecule has 2 aromatic carbocycles. The highest BCUT2D eigenvalue weighted by Crippen LogP contribution is 2.22. The number of anilines is 2. The van der Waals surface area contributed by atoms with E-state index in [9.17, 15) is 9.59 Å². The Bertz CT molecular complexity index is 1090. The maximum Gasteiger partial charge on any atom is 0.262 e. The van der Waals surface area contributed by atoms with Crippen molar-refractivity contribution in [2.75, 3.05) is 29.1 Å². The summed E-state index contributed by atoms with van der Waals surface area (Å²) in [7, 11) is 0. The molecule has 0 aliphatic heterocycles. The zero-order valence-electron chi connectivity index (χ0n) is 17.3. The van der Waals surface area contributed by atoms with E-state index in [0.717, 1.165) is 28.9 Å². The number of benzene rings is 2. The summed E-state index contributed by atoms with van der Waals surface area (Å²) in [5.41, 5.74) is 2.41. The standard InChI is InChI=1S/C22H25BrN4O2S/c1-4-26(5-2)17-10-8-16(9-11-17)24-20(28)14-30-22-25-19-12-7-15(23)13-18(19)21(29)27(22)6-3/h7-13H,4-6,14H2,1-3H3,(H,24,28). The number of carbonyl (C=O) groups excluding carboxylic acids is 1. The maximum atomic E-state index is 12.8. The molecule has 158 valence electrons. The molecule has 1 heterocycles. The van der Waals surface area contributed by atoms with Crippen LogP contribution in [-0.2, 0) is 11.3 Å². The summed E-state index contributed by atoms with van der Waals surface area (Å²) < 4.78 is 2.44.